The minimum absolute atomic E-state index is 0.147. The zero-order valence-electron chi connectivity index (χ0n) is 11.4. The number of rotatable bonds is 2. The molecule has 0 aliphatic heterocycles. The number of furan rings is 1. The van der Waals surface area contributed by atoms with Crippen LogP contribution >= 0.6 is 0 Å². The van der Waals surface area contributed by atoms with Gasteiger partial charge < -0.3 is 10.2 Å². The van der Waals surface area contributed by atoms with Gasteiger partial charge in [0.15, 0.2) is 5.76 Å². The van der Waals surface area contributed by atoms with Gasteiger partial charge in [0.2, 0.25) is 0 Å². The summed E-state index contributed by atoms with van der Waals surface area (Å²) in [5, 5.41) is 18.2. The molecule has 5 nitrogen and oxygen atoms in total. The Bertz CT molecular complexity index is 915. The molecule has 5 heteroatoms. The van der Waals surface area contributed by atoms with Crippen LogP contribution in [0.25, 0.3) is 22.6 Å². The highest BCUT2D eigenvalue weighted by Crippen LogP contribution is 2.33. The number of hydrogen-bond donors (Lipinski definition) is 1. The average molecular weight is 286 g/mol. The Balaban J connectivity index is 2.29. The fourth-order valence-corrected chi connectivity index (χ4v) is 2.19. The Morgan fingerprint density at radius 3 is 2.59 bits per heavy atom. The minimum atomic E-state index is 0.147. The Morgan fingerprint density at radius 2 is 1.91 bits per heavy atom. The summed E-state index contributed by atoms with van der Waals surface area (Å²) in [6.07, 6.45) is 1.54. The predicted octanol–water partition coefficient (Wildman–Crippen LogP) is 3.33. The normalized spacial score (nSPS) is 9.91. The van der Waals surface area contributed by atoms with Crippen molar-refractivity contribution in [2.45, 2.75) is 0 Å². The highest BCUT2D eigenvalue weighted by Gasteiger charge is 2.15. The zero-order valence-corrected chi connectivity index (χ0v) is 11.4. The van der Waals surface area contributed by atoms with Crippen LogP contribution in [0.2, 0.25) is 0 Å². The highest BCUT2D eigenvalue weighted by atomic mass is 16.3. The summed E-state index contributed by atoms with van der Waals surface area (Å²) >= 11 is 0. The third kappa shape index (κ3) is 2.28. The molecule has 22 heavy (non-hydrogen) atoms. The highest BCUT2D eigenvalue weighted by molar-refractivity contribution is 5.82. The van der Waals surface area contributed by atoms with Crippen molar-refractivity contribution in [3.8, 4) is 34.7 Å². The van der Waals surface area contributed by atoms with Crippen molar-refractivity contribution in [3.63, 3.8) is 0 Å². The maximum atomic E-state index is 9.17. The lowest BCUT2D eigenvalue weighted by Gasteiger charge is -2.09. The second-order valence-electron chi connectivity index (χ2n) is 4.60. The van der Waals surface area contributed by atoms with E-state index in [9.17, 15) is 0 Å². The number of pyridine rings is 1. The number of aromatic nitrogens is 1. The van der Waals surface area contributed by atoms with Gasteiger partial charge in [-0.3, -0.25) is 0 Å². The first-order chi connectivity index (χ1) is 10.7. The monoisotopic (exact) mass is 286 g/mol. The van der Waals surface area contributed by atoms with Gasteiger partial charge in [-0.15, -0.1) is 0 Å². The number of nitrogen functional groups attached to an aromatic ring is 1. The molecule has 3 aromatic rings. The summed E-state index contributed by atoms with van der Waals surface area (Å²) in [4.78, 5) is 4.30. The smallest absolute Gasteiger partial charge is 0.152 e. The molecule has 0 radical (unpaired) electrons. The van der Waals surface area contributed by atoms with Gasteiger partial charge in [-0.05, 0) is 35.9 Å². The van der Waals surface area contributed by atoms with E-state index in [1.807, 2.05) is 12.1 Å². The number of nitrogens with zero attached hydrogens (tertiary/aromatic N) is 3. The van der Waals surface area contributed by atoms with Crippen LogP contribution in [0, 0.1) is 22.7 Å². The molecule has 0 aliphatic rings. The van der Waals surface area contributed by atoms with Gasteiger partial charge in [-0.25, -0.2) is 4.98 Å². The van der Waals surface area contributed by atoms with Crippen molar-refractivity contribution in [2.75, 3.05) is 5.73 Å². The van der Waals surface area contributed by atoms with Crippen molar-refractivity contribution in [3.05, 3.63) is 59.9 Å². The molecule has 0 saturated heterocycles. The zero-order chi connectivity index (χ0) is 15.5. The van der Waals surface area contributed by atoms with Crippen LogP contribution in [-0.4, -0.2) is 4.98 Å². The second kappa shape index (κ2) is 5.43. The van der Waals surface area contributed by atoms with Gasteiger partial charge in [0.05, 0.1) is 23.5 Å². The first-order valence-electron chi connectivity index (χ1n) is 6.48. The molecular formula is C17H10N4O. The molecule has 1 aromatic carbocycles. The number of nitriles is 2. The lowest BCUT2D eigenvalue weighted by atomic mass is 9.99. The lowest BCUT2D eigenvalue weighted by Crippen LogP contribution is -1.99. The van der Waals surface area contributed by atoms with Gasteiger partial charge >= 0.3 is 0 Å². The molecule has 0 unspecified atom stereocenters. The van der Waals surface area contributed by atoms with Crippen molar-refractivity contribution in [2.24, 2.45) is 0 Å². The van der Waals surface area contributed by atoms with Crippen molar-refractivity contribution in [1.29, 1.82) is 10.5 Å². The first-order valence-corrected chi connectivity index (χ1v) is 6.48. The van der Waals surface area contributed by atoms with Crippen LogP contribution in [0.1, 0.15) is 11.1 Å². The summed E-state index contributed by atoms with van der Waals surface area (Å²) in [7, 11) is 0. The van der Waals surface area contributed by atoms with Gasteiger partial charge in [-0.2, -0.15) is 10.5 Å². The van der Waals surface area contributed by atoms with Gasteiger partial charge in [0.1, 0.15) is 17.6 Å². The van der Waals surface area contributed by atoms with Crippen molar-refractivity contribution in [1.82, 2.24) is 4.98 Å². The summed E-state index contributed by atoms with van der Waals surface area (Å²) in [6, 6.07) is 16.4. The van der Waals surface area contributed by atoms with E-state index >= 15 is 0 Å². The third-order valence-electron chi connectivity index (χ3n) is 3.23. The second-order valence-corrected chi connectivity index (χ2v) is 4.60. The molecule has 0 aliphatic carbocycles. The molecule has 0 saturated carbocycles. The van der Waals surface area contributed by atoms with Crippen LogP contribution in [0.4, 0.5) is 5.82 Å². The van der Waals surface area contributed by atoms with E-state index in [4.69, 9.17) is 20.7 Å². The topological polar surface area (TPSA) is 99.6 Å². The molecule has 2 N–H and O–H groups in total. The molecular weight excluding hydrogens is 276 g/mol. The average Bonchev–Trinajstić information content (AvgIpc) is 3.09. The molecule has 0 amide bonds. The Morgan fingerprint density at radius 1 is 1.05 bits per heavy atom. The van der Waals surface area contributed by atoms with Crippen LogP contribution in [0.5, 0.6) is 0 Å². The van der Waals surface area contributed by atoms with Crippen LogP contribution in [-0.2, 0) is 0 Å². The van der Waals surface area contributed by atoms with E-state index in [2.05, 4.69) is 11.1 Å². The number of nitrogens with two attached hydrogens (primary N) is 1. The SMILES string of the molecule is N#Cc1cccc(-c2cc(C#N)c(N)nc2-c2ccco2)c1. The number of anilines is 1. The van der Waals surface area contributed by atoms with Gasteiger partial charge in [0, 0.05) is 5.56 Å². The van der Waals surface area contributed by atoms with Crippen LogP contribution in [0.15, 0.2) is 53.1 Å². The molecule has 104 valence electrons. The molecule has 0 fully saturated rings. The Labute approximate surface area is 126 Å². The molecule has 3 rings (SSSR count). The van der Waals surface area contributed by atoms with E-state index < -0.39 is 0 Å². The molecule has 0 bridgehead atoms. The standard InChI is InChI=1S/C17H10N4O/c18-9-11-3-1-4-12(7-11)14-8-13(10-19)17(20)21-16(14)15-5-2-6-22-15/h1-8H,(H2,20,21). The van der Waals surface area contributed by atoms with Gasteiger partial charge in [-0.1, -0.05) is 12.1 Å². The number of hydrogen-bond acceptors (Lipinski definition) is 5. The molecule has 0 spiro atoms. The van der Waals surface area contributed by atoms with Crippen LogP contribution < -0.4 is 5.73 Å². The van der Waals surface area contributed by atoms with E-state index in [0.29, 0.717) is 22.6 Å². The van der Waals surface area contributed by atoms with Crippen molar-refractivity contribution >= 4 is 5.82 Å². The molecule has 2 aromatic heterocycles. The Hall–Kier alpha value is -3.57. The predicted molar refractivity (Wildman–Crippen MR) is 81.2 cm³/mol. The van der Waals surface area contributed by atoms with Crippen LogP contribution in [0.3, 0.4) is 0 Å². The number of benzene rings is 1. The first kappa shape index (κ1) is 13.4. The third-order valence-corrected chi connectivity index (χ3v) is 3.23. The fourth-order valence-electron chi connectivity index (χ4n) is 2.19. The van der Waals surface area contributed by atoms with E-state index in [0.717, 1.165) is 5.56 Å². The molecule has 2 heterocycles. The fraction of sp³-hybridized carbons (Fsp3) is 0. The summed E-state index contributed by atoms with van der Waals surface area (Å²) < 4.78 is 5.40. The lowest BCUT2D eigenvalue weighted by molar-refractivity contribution is 0.580. The largest absolute Gasteiger partial charge is 0.463 e. The van der Waals surface area contributed by atoms with E-state index in [-0.39, 0.29) is 11.4 Å². The quantitative estimate of drug-likeness (QED) is 0.778. The molecule has 0 atom stereocenters. The summed E-state index contributed by atoms with van der Waals surface area (Å²) in [6.45, 7) is 0. The van der Waals surface area contributed by atoms with Crippen molar-refractivity contribution < 1.29 is 4.42 Å². The van der Waals surface area contributed by atoms with Gasteiger partial charge in [0.25, 0.3) is 0 Å². The summed E-state index contributed by atoms with van der Waals surface area (Å²) in [5.74, 6) is 0.697. The summed E-state index contributed by atoms with van der Waals surface area (Å²) in [5.41, 5.74) is 8.63. The maximum Gasteiger partial charge on any atom is 0.152 e. The minimum Gasteiger partial charge on any atom is -0.463 e. The van der Waals surface area contributed by atoms with E-state index in [1.165, 1.54) is 0 Å². The maximum absolute atomic E-state index is 9.17. The Kier molecular flexibility index (Phi) is 3.31. The van der Waals surface area contributed by atoms with E-state index in [1.54, 1.807) is 42.7 Å².